The minimum Gasteiger partial charge on any atom is -0.871 e. The molecule has 3 aromatic carbocycles. The van der Waals surface area contributed by atoms with Crippen molar-refractivity contribution in [3.8, 4) is 17.2 Å². The molecule has 0 bridgehead atoms. The molecule has 3 aromatic heterocycles. The van der Waals surface area contributed by atoms with E-state index >= 15 is 0 Å². The van der Waals surface area contributed by atoms with Gasteiger partial charge in [-0.2, -0.15) is 0 Å². The van der Waals surface area contributed by atoms with Crippen LogP contribution in [-0.4, -0.2) is 48.2 Å². The van der Waals surface area contributed by atoms with Crippen LogP contribution in [0.4, 0.5) is 0 Å². The molecule has 0 saturated carbocycles. The number of hydrogen-bond donors (Lipinski definition) is 3. The zero-order valence-electron chi connectivity index (χ0n) is 21.8. The fourth-order valence-electron chi connectivity index (χ4n) is 3.72. The number of hydrogen-bond acceptors (Lipinski definition) is 9. The molecule has 3 heterocycles. The minimum absolute atomic E-state index is 0. The summed E-state index contributed by atoms with van der Waals surface area (Å²) in [5.74, 6) is -4.16. The number of rotatable bonds is 3. The molecule has 12 nitrogen and oxygen atoms in total. The normalized spacial score (nSPS) is 10.0. The summed E-state index contributed by atoms with van der Waals surface area (Å²) in [6.45, 7) is 0. The van der Waals surface area contributed by atoms with Crippen molar-refractivity contribution in [2.24, 2.45) is 0 Å². The van der Waals surface area contributed by atoms with Gasteiger partial charge >= 0.3 is 59.7 Å². The first kappa shape index (κ1) is 32.6. The Balaban J connectivity index is 0.000000175. The first-order chi connectivity index (χ1) is 20.0. The van der Waals surface area contributed by atoms with E-state index in [4.69, 9.17) is 15.3 Å². The molecule has 0 saturated heterocycles. The molecule has 0 aliphatic heterocycles. The van der Waals surface area contributed by atoms with E-state index in [9.17, 15) is 29.7 Å². The Labute approximate surface area is 275 Å². The minimum atomic E-state index is -1.13. The van der Waals surface area contributed by atoms with E-state index in [-0.39, 0.29) is 92.6 Å². The van der Waals surface area contributed by atoms with Gasteiger partial charge in [0.2, 0.25) is 0 Å². The van der Waals surface area contributed by atoms with Crippen LogP contribution >= 0.6 is 0 Å². The molecule has 13 heteroatoms. The molecule has 211 valence electrons. The number of carbonyl (C=O) groups is 3. The maximum Gasteiger partial charge on any atom is 3.00 e. The van der Waals surface area contributed by atoms with Crippen molar-refractivity contribution in [3.05, 3.63) is 108 Å². The zero-order valence-corrected chi connectivity index (χ0v) is 24.9. The fourth-order valence-corrected chi connectivity index (χ4v) is 3.72. The molecule has 0 aliphatic rings. The van der Waals surface area contributed by atoms with Crippen LogP contribution in [0.2, 0.25) is 0 Å². The van der Waals surface area contributed by atoms with Gasteiger partial charge in [-0.25, -0.2) is 29.3 Å². The number of fused-ring (bicyclic) bond motifs is 3. The molecule has 3 N–H and O–H groups in total. The van der Waals surface area contributed by atoms with E-state index in [0.29, 0.717) is 16.2 Å². The predicted octanol–water partition coefficient (Wildman–Crippen LogP) is 3.02. The SMILES string of the molecule is O=C(O)c1ccc2cccc([O-])c2n1.O=C(O)c1ccc2cccc([O-])c2n1.O=C(O)c1ccc2cccc([O-])c2n1.[Ce+3]. The van der Waals surface area contributed by atoms with E-state index in [1.54, 1.807) is 54.6 Å². The molecular formula is C30H18CeN3O9. The second kappa shape index (κ2) is 14.3. The Morgan fingerprint density at radius 2 is 0.698 bits per heavy atom. The number of benzene rings is 3. The van der Waals surface area contributed by atoms with E-state index in [2.05, 4.69) is 15.0 Å². The second-order valence-corrected chi connectivity index (χ2v) is 8.49. The Kier molecular flexibility index (Phi) is 10.8. The molecule has 6 rings (SSSR count). The smallest absolute Gasteiger partial charge is 0.871 e. The van der Waals surface area contributed by atoms with E-state index in [1.165, 1.54) is 36.4 Å². The van der Waals surface area contributed by atoms with Crippen molar-refractivity contribution in [2.45, 2.75) is 0 Å². The van der Waals surface area contributed by atoms with Gasteiger partial charge in [-0.3, -0.25) is 0 Å². The zero-order chi connectivity index (χ0) is 30.4. The Morgan fingerprint density at radius 1 is 0.442 bits per heavy atom. The van der Waals surface area contributed by atoms with Gasteiger partial charge in [-0.1, -0.05) is 90.0 Å². The van der Waals surface area contributed by atoms with Gasteiger partial charge in [0.1, 0.15) is 17.1 Å². The van der Waals surface area contributed by atoms with Crippen LogP contribution in [0.5, 0.6) is 17.2 Å². The molecule has 0 atom stereocenters. The number of aromatic nitrogens is 3. The van der Waals surface area contributed by atoms with Crippen LogP contribution in [0, 0.1) is 41.7 Å². The summed E-state index contributed by atoms with van der Waals surface area (Å²) in [7, 11) is 0. The molecule has 0 amide bonds. The Morgan fingerprint density at radius 3 is 0.930 bits per heavy atom. The van der Waals surface area contributed by atoms with Crippen molar-refractivity contribution in [3.63, 3.8) is 0 Å². The van der Waals surface area contributed by atoms with Crippen molar-refractivity contribution in [1.29, 1.82) is 0 Å². The van der Waals surface area contributed by atoms with Crippen molar-refractivity contribution in [2.75, 3.05) is 0 Å². The monoisotopic (exact) mass is 704 g/mol. The van der Waals surface area contributed by atoms with Crippen LogP contribution in [-0.2, 0) is 0 Å². The molecule has 1 radical (unpaired) electrons. The van der Waals surface area contributed by atoms with Crippen LogP contribution in [0.1, 0.15) is 31.5 Å². The van der Waals surface area contributed by atoms with Crippen LogP contribution in [0.25, 0.3) is 32.7 Å². The average Bonchev–Trinajstić information content (AvgIpc) is 2.98. The molecular weight excluding hydrogens is 686 g/mol. The number of nitrogens with zero attached hydrogens (tertiary/aromatic N) is 3. The van der Waals surface area contributed by atoms with Gasteiger partial charge in [0.15, 0.2) is 0 Å². The average molecular weight is 705 g/mol. The Bertz CT molecular complexity index is 1760. The van der Waals surface area contributed by atoms with E-state index < -0.39 is 17.9 Å². The third-order valence-electron chi connectivity index (χ3n) is 5.71. The van der Waals surface area contributed by atoms with Crippen LogP contribution in [0.3, 0.4) is 0 Å². The first-order valence-corrected chi connectivity index (χ1v) is 12.0. The summed E-state index contributed by atoms with van der Waals surface area (Å²) in [4.78, 5) is 43.1. The van der Waals surface area contributed by atoms with Crippen molar-refractivity contribution >= 4 is 50.6 Å². The maximum atomic E-state index is 11.3. The van der Waals surface area contributed by atoms with Crippen molar-refractivity contribution in [1.82, 2.24) is 15.0 Å². The number of carboxylic acids is 3. The molecule has 0 spiro atoms. The topological polar surface area (TPSA) is 220 Å². The fraction of sp³-hybridized carbons (Fsp3) is 0. The standard InChI is InChI=1S/3C10H7NO3.Ce/c3*12-8-3-1-2-6-4-5-7(10(13)14)11-9(6)8;/h3*1-5,12H,(H,13,14);/q;;;+3/p-3. The third kappa shape index (κ3) is 7.88. The number of aromatic carboxylic acids is 3. The Hall–Kier alpha value is -4.92. The van der Waals surface area contributed by atoms with Gasteiger partial charge in [0.05, 0.1) is 16.6 Å². The summed E-state index contributed by atoms with van der Waals surface area (Å²) in [6.07, 6.45) is 0. The maximum absolute atomic E-state index is 11.3. The van der Waals surface area contributed by atoms with Crippen LogP contribution in [0.15, 0.2) is 91.0 Å². The molecule has 6 aromatic rings. The van der Waals surface area contributed by atoms with Crippen molar-refractivity contribution < 1.29 is 86.8 Å². The van der Waals surface area contributed by atoms with E-state index in [0.717, 1.165) is 0 Å². The molecule has 43 heavy (non-hydrogen) atoms. The van der Waals surface area contributed by atoms with Gasteiger partial charge in [-0.15, -0.1) is 0 Å². The second-order valence-electron chi connectivity index (χ2n) is 8.49. The molecule has 0 aliphatic carbocycles. The largest absolute Gasteiger partial charge is 3.00 e. The summed E-state index contributed by atoms with van der Waals surface area (Å²) in [5, 5.41) is 61.9. The number of carboxylic acid groups (broad SMARTS) is 3. The number of pyridine rings is 3. The van der Waals surface area contributed by atoms with Gasteiger partial charge in [0.25, 0.3) is 0 Å². The van der Waals surface area contributed by atoms with E-state index in [1.807, 2.05) is 0 Å². The predicted molar refractivity (Wildman–Crippen MR) is 144 cm³/mol. The van der Waals surface area contributed by atoms with Gasteiger partial charge in [0, 0.05) is 0 Å². The van der Waals surface area contributed by atoms with Crippen LogP contribution < -0.4 is 15.3 Å². The third-order valence-corrected chi connectivity index (χ3v) is 5.71. The van der Waals surface area contributed by atoms with Gasteiger partial charge in [-0.05, 0) is 34.4 Å². The molecule has 0 fully saturated rings. The summed E-state index contributed by atoms with van der Waals surface area (Å²) in [5.41, 5.74) is 0.273. The van der Waals surface area contributed by atoms with Gasteiger partial charge < -0.3 is 30.6 Å². The quantitative estimate of drug-likeness (QED) is 0.242. The number of para-hydroxylation sites is 3. The molecule has 0 unspecified atom stereocenters. The summed E-state index contributed by atoms with van der Waals surface area (Å²) in [6, 6.07) is 23.0. The first-order valence-electron chi connectivity index (χ1n) is 12.0. The summed E-state index contributed by atoms with van der Waals surface area (Å²) >= 11 is 0. The summed E-state index contributed by atoms with van der Waals surface area (Å²) < 4.78 is 0.